The Morgan fingerprint density at radius 2 is 2.04 bits per heavy atom. The van der Waals surface area contributed by atoms with Crippen molar-refractivity contribution in [3.05, 3.63) is 46.3 Å². The Labute approximate surface area is 183 Å². The number of nitrogens with one attached hydrogen (secondary N) is 2. The number of aromatic nitrogens is 1. The number of halogens is 1. The highest BCUT2D eigenvalue weighted by molar-refractivity contribution is 14.0. The number of rotatable bonds is 6. The van der Waals surface area contributed by atoms with Crippen molar-refractivity contribution in [1.29, 1.82) is 0 Å². The van der Waals surface area contributed by atoms with Gasteiger partial charge in [0.2, 0.25) is 0 Å². The summed E-state index contributed by atoms with van der Waals surface area (Å²) in [6.45, 7) is 8.60. The Hall–Kier alpha value is -1.39. The Morgan fingerprint density at radius 3 is 2.74 bits per heavy atom. The van der Waals surface area contributed by atoms with Crippen molar-refractivity contribution in [2.75, 3.05) is 44.7 Å². The lowest BCUT2D eigenvalue weighted by atomic mass is 10.2. The summed E-state index contributed by atoms with van der Waals surface area (Å²) in [6.07, 6.45) is 1.89. The van der Waals surface area contributed by atoms with Crippen LogP contribution in [0.15, 0.2) is 40.8 Å². The van der Waals surface area contributed by atoms with Gasteiger partial charge in [-0.1, -0.05) is 6.07 Å². The number of piperazine rings is 1. The van der Waals surface area contributed by atoms with Gasteiger partial charge in [-0.3, -0.25) is 0 Å². The molecule has 8 heteroatoms. The van der Waals surface area contributed by atoms with Crippen molar-refractivity contribution in [2.24, 2.45) is 4.99 Å². The van der Waals surface area contributed by atoms with Crippen molar-refractivity contribution < 1.29 is 0 Å². The Morgan fingerprint density at radius 1 is 1.22 bits per heavy atom. The molecule has 0 aromatic carbocycles. The highest BCUT2D eigenvalue weighted by atomic mass is 127. The lowest BCUT2D eigenvalue weighted by Crippen LogP contribution is -2.44. The zero-order valence-corrected chi connectivity index (χ0v) is 19.2. The molecule has 3 rings (SSSR count). The van der Waals surface area contributed by atoms with Crippen LogP contribution in [0.2, 0.25) is 0 Å². The molecule has 0 spiro atoms. The maximum atomic E-state index is 4.73. The number of aliphatic imine (C=N–C) groups is 1. The number of pyridine rings is 1. The molecule has 1 saturated heterocycles. The summed E-state index contributed by atoms with van der Waals surface area (Å²) in [5.74, 6) is 1.90. The van der Waals surface area contributed by atoms with E-state index in [1.165, 1.54) is 10.4 Å². The van der Waals surface area contributed by atoms with Crippen molar-refractivity contribution >= 4 is 47.1 Å². The molecular formula is C19H29IN6S. The molecule has 2 aromatic rings. The summed E-state index contributed by atoms with van der Waals surface area (Å²) >= 11 is 1.75. The highest BCUT2D eigenvalue weighted by Crippen LogP contribution is 2.15. The van der Waals surface area contributed by atoms with Gasteiger partial charge in [-0.25, -0.2) is 9.98 Å². The quantitative estimate of drug-likeness (QED) is 0.363. The molecule has 0 amide bonds. The number of anilines is 1. The largest absolute Gasteiger partial charge is 0.357 e. The third-order valence-corrected chi connectivity index (χ3v) is 5.29. The van der Waals surface area contributed by atoms with Gasteiger partial charge >= 0.3 is 0 Å². The van der Waals surface area contributed by atoms with Crippen LogP contribution < -0.4 is 15.5 Å². The molecule has 1 aliphatic heterocycles. The minimum atomic E-state index is 0. The van der Waals surface area contributed by atoms with Gasteiger partial charge in [0, 0.05) is 43.8 Å². The lowest BCUT2D eigenvalue weighted by Gasteiger charge is -2.33. The fourth-order valence-corrected chi connectivity index (χ4v) is 3.51. The molecule has 3 heterocycles. The zero-order chi connectivity index (χ0) is 18.2. The van der Waals surface area contributed by atoms with E-state index < -0.39 is 0 Å². The molecule has 0 aliphatic carbocycles. The first-order chi connectivity index (χ1) is 12.7. The number of thiophene rings is 1. The van der Waals surface area contributed by atoms with Crippen LogP contribution in [0.5, 0.6) is 0 Å². The summed E-state index contributed by atoms with van der Waals surface area (Å²) in [5.41, 5.74) is 1.18. The first kappa shape index (κ1) is 21.9. The van der Waals surface area contributed by atoms with Crippen LogP contribution in [0.25, 0.3) is 0 Å². The second-order valence-electron chi connectivity index (χ2n) is 6.44. The Balaban J connectivity index is 0.00000261. The topological polar surface area (TPSA) is 55.8 Å². The van der Waals surface area contributed by atoms with Crippen molar-refractivity contribution in [1.82, 2.24) is 20.5 Å². The van der Waals surface area contributed by atoms with Gasteiger partial charge < -0.3 is 20.4 Å². The Bertz CT molecular complexity index is 698. The number of nitrogens with zero attached hydrogens (tertiary/aromatic N) is 4. The molecule has 0 saturated carbocycles. The van der Waals surface area contributed by atoms with E-state index in [9.17, 15) is 0 Å². The van der Waals surface area contributed by atoms with E-state index in [1.54, 1.807) is 11.3 Å². The summed E-state index contributed by atoms with van der Waals surface area (Å²) in [5, 5.41) is 8.80. The average Bonchev–Trinajstić information content (AvgIpc) is 3.18. The molecule has 1 aliphatic rings. The first-order valence-corrected chi connectivity index (χ1v) is 10.1. The van der Waals surface area contributed by atoms with Gasteiger partial charge in [-0.2, -0.15) is 0 Å². The van der Waals surface area contributed by atoms with Gasteiger partial charge in [-0.05, 0) is 43.1 Å². The van der Waals surface area contributed by atoms with E-state index in [0.717, 1.165) is 51.0 Å². The molecule has 1 fully saturated rings. The van der Waals surface area contributed by atoms with Crippen molar-refractivity contribution in [3.63, 3.8) is 0 Å². The first-order valence-electron chi connectivity index (χ1n) is 9.17. The molecule has 0 bridgehead atoms. The number of guanidine groups is 1. The van der Waals surface area contributed by atoms with E-state index in [-0.39, 0.29) is 24.0 Å². The molecule has 148 valence electrons. The predicted molar refractivity (Wildman–Crippen MR) is 125 cm³/mol. The fraction of sp³-hybridized carbons (Fsp3) is 0.474. The monoisotopic (exact) mass is 500 g/mol. The SMILES string of the molecule is CCNC(=NCc1ccnc(N2CCN(C)CC2)c1)NCc1cccs1.I. The van der Waals surface area contributed by atoms with Crippen LogP contribution in [-0.4, -0.2) is 55.6 Å². The van der Waals surface area contributed by atoms with Crippen LogP contribution >= 0.6 is 35.3 Å². The smallest absolute Gasteiger partial charge is 0.191 e. The standard InChI is InChI=1S/C19H28N6S.HI/c1-3-20-19(23-15-17-5-4-12-26-17)22-14-16-6-7-21-18(13-16)25-10-8-24(2)9-11-25;/h4-7,12-13H,3,8-11,14-15H2,1-2H3,(H2,20,22,23);1H. The molecule has 6 nitrogen and oxygen atoms in total. The van der Waals surface area contributed by atoms with E-state index in [1.807, 2.05) is 12.3 Å². The van der Waals surface area contributed by atoms with E-state index in [2.05, 4.69) is 63.0 Å². The maximum absolute atomic E-state index is 4.73. The van der Waals surface area contributed by atoms with Gasteiger partial charge in [0.25, 0.3) is 0 Å². The van der Waals surface area contributed by atoms with Gasteiger partial charge in [0.05, 0.1) is 13.1 Å². The molecule has 27 heavy (non-hydrogen) atoms. The van der Waals surface area contributed by atoms with Crippen LogP contribution in [0, 0.1) is 0 Å². The molecule has 2 aromatic heterocycles. The molecule has 0 radical (unpaired) electrons. The number of hydrogen-bond donors (Lipinski definition) is 2. The third kappa shape index (κ3) is 6.93. The van der Waals surface area contributed by atoms with Gasteiger partial charge in [-0.15, -0.1) is 35.3 Å². The normalized spacial score (nSPS) is 15.3. The second-order valence-corrected chi connectivity index (χ2v) is 7.47. The minimum Gasteiger partial charge on any atom is -0.357 e. The minimum absolute atomic E-state index is 0. The third-order valence-electron chi connectivity index (χ3n) is 4.41. The number of likely N-dealkylation sites (N-methyl/N-ethyl adjacent to an activating group) is 1. The van der Waals surface area contributed by atoms with Gasteiger partial charge in [0.15, 0.2) is 5.96 Å². The van der Waals surface area contributed by atoms with Crippen molar-refractivity contribution in [2.45, 2.75) is 20.0 Å². The van der Waals surface area contributed by atoms with Gasteiger partial charge in [0.1, 0.15) is 5.82 Å². The summed E-state index contributed by atoms with van der Waals surface area (Å²) < 4.78 is 0. The van der Waals surface area contributed by atoms with E-state index in [4.69, 9.17) is 4.99 Å². The fourth-order valence-electron chi connectivity index (χ4n) is 2.86. The Kier molecular flexibility index (Phi) is 9.29. The maximum Gasteiger partial charge on any atom is 0.191 e. The molecule has 0 atom stereocenters. The van der Waals surface area contributed by atoms with Crippen molar-refractivity contribution in [3.8, 4) is 0 Å². The average molecular weight is 500 g/mol. The second kappa shape index (κ2) is 11.5. The van der Waals surface area contributed by atoms with Crippen LogP contribution in [-0.2, 0) is 13.1 Å². The van der Waals surface area contributed by atoms with Crippen LogP contribution in [0.4, 0.5) is 5.82 Å². The zero-order valence-electron chi connectivity index (χ0n) is 16.0. The van der Waals surface area contributed by atoms with Crippen LogP contribution in [0.3, 0.4) is 0 Å². The molecule has 0 unspecified atom stereocenters. The molecule has 2 N–H and O–H groups in total. The summed E-state index contributed by atoms with van der Waals surface area (Å²) in [7, 11) is 2.17. The summed E-state index contributed by atoms with van der Waals surface area (Å²) in [4.78, 5) is 15.3. The lowest BCUT2D eigenvalue weighted by molar-refractivity contribution is 0.312. The molecular weight excluding hydrogens is 471 g/mol. The highest BCUT2D eigenvalue weighted by Gasteiger charge is 2.15. The van der Waals surface area contributed by atoms with Crippen LogP contribution in [0.1, 0.15) is 17.4 Å². The predicted octanol–water partition coefficient (Wildman–Crippen LogP) is 2.77. The number of hydrogen-bond acceptors (Lipinski definition) is 5. The summed E-state index contributed by atoms with van der Waals surface area (Å²) in [6, 6.07) is 8.42. The van der Waals surface area contributed by atoms with E-state index in [0.29, 0.717) is 6.54 Å². The van der Waals surface area contributed by atoms with E-state index >= 15 is 0 Å².